The van der Waals surface area contributed by atoms with Crippen LogP contribution < -0.4 is 10.6 Å². The largest absolute Gasteiger partial charge is 0.372 e. The number of hydrogen-bond donors (Lipinski definition) is 1. The van der Waals surface area contributed by atoms with E-state index >= 15 is 0 Å². The molecule has 84 valence electrons. The molecule has 3 heteroatoms. The topological polar surface area (TPSA) is 29.3 Å². The molecule has 2 nitrogen and oxygen atoms in total. The molecular formula is C12H19BrN2. The standard InChI is InChI=1S/C12H19BrN2/c1-4-15(5-2)12-8-10(13)6-7-11(12)9(3)14/h6-9H,4-5,14H2,1-3H3. The minimum absolute atomic E-state index is 0.0775. The van der Waals surface area contributed by atoms with Crippen molar-refractivity contribution in [1.29, 1.82) is 0 Å². The number of halogens is 1. The molecule has 0 aliphatic heterocycles. The van der Waals surface area contributed by atoms with Crippen LogP contribution in [0.5, 0.6) is 0 Å². The van der Waals surface area contributed by atoms with Gasteiger partial charge in [0.2, 0.25) is 0 Å². The van der Waals surface area contributed by atoms with Crippen molar-refractivity contribution in [2.45, 2.75) is 26.8 Å². The summed E-state index contributed by atoms with van der Waals surface area (Å²) < 4.78 is 1.11. The first-order valence-electron chi connectivity index (χ1n) is 5.40. The highest BCUT2D eigenvalue weighted by Gasteiger charge is 2.11. The molecule has 0 saturated carbocycles. The Bertz CT molecular complexity index is 319. The van der Waals surface area contributed by atoms with Gasteiger partial charge >= 0.3 is 0 Å². The molecule has 1 aromatic carbocycles. The van der Waals surface area contributed by atoms with Gasteiger partial charge in [-0.2, -0.15) is 0 Å². The van der Waals surface area contributed by atoms with Gasteiger partial charge in [-0.15, -0.1) is 0 Å². The van der Waals surface area contributed by atoms with Crippen LogP contribution in [-0.2, 0) is 0 Å². The van der Waals surface area contributed by atoms with Crippen molar-refractivity contribution in [1.82, 2.24) is 0 Å². The van der Waals surface area contributed by atoms with Gasteiger partial charge in [-0.25, -0.2) is 0 Å². The lowest BCUT2D eigenvalue weighted by atomic mass is 10.1. The minimum atomic E-state index is 0.0775. The Morgan fingerprint density at radius 1 is 1.33 bits per heavy atom. The van der Waals surface area contributed by atoms with E-state index in [0.29, 0.717) is 0 Å². The van der Waals surface area contributed by atoms with Crippen molar-refractivity contribution < 1.29 is 0 Å². The van der Waals surface area contributed by atoms with Crippen LogP contribution in [0.4, 0.5) is 5.69 Å². The normalized spacial score (nSPS) is 12.6. The Morgan fingerprint density at radius 2 is 1.93 bits per heavy atom. The number of benzene rings is 1. The van der Waals surface area contributed by atoms with E-state index in [-0.39, 0.29) is 6.04 Å². The summed E-state index contributed by atoms with van der Waals surface area (Å²) in [6.45, 7) is 8.36. The van der Waals surface area contributed by atoms with Crippen LogP contribution in [0.2, 0.25) is 0 Å². The minimum Gasteiger partial charge on any atom is -0.372 e. The zero-order chi connectivity index (χ0) is 11.4. The van der Waals surface area contributed by atoms with Gasteiger partial charge in [0.05, 0.1) is 0 Å². The maximum atomic E-state index is 5.97. The van der Waals surface area contributed by atoms with E-state index in [0.717, 1.165) is 17.6 Å². The summed E-state index contributed by atoms with van der Waals surface area (Å²) in [5, 5.41) is 0. The van der Waals surface area contributed by atoms with Crippen LogP contribution in [0.15, 0.2) is 22.7 Å². The van der Waals surface area contributed by atoms with Crippen molar-refractivity contribution in [3.8, 4) is 0 Å². The van der Waals surface area contributed by atoms with Crippen molar-refractivity contribution >= 4 is 21.6 Å². The lowest BCUT2D eigenvalue weighted by Gasteiger charge is -2.25. The zero-order valence-electron chi connectivity index (χ0n) is 9.63. The Labute approximate surface area is 101 Å². The molecule has 1 atom stereocenters. The molecule has 0 bridgehead atoms. The van der Waals surface area contributed by atoms with Gasteiger partial charge in [0.1, 0.15) is 0 Å². The summed E-state index contributed by atoms with van der Waals surface area (Å²) in [5.74, 6) is 0. The lowest BCUT2D eigenvalue weighted by Crippen LogP contribution is -2.24. The van der Waals surface area contributed by atoms with Gasteiger partial charge in [0, 0.05) is 29.3 Å². The molecule has 0 fully saturated rings. The molecule has 2 N–H and O–H groups in total. The molecule has 0 aliphatic rings. The van der Waals surface area contributed by atoms with Gasteiger partial charge in [0.15, 0.2) is 0 Å². The molecule has 0 aromatic heterocycles. The van der Waals surface area contributed by atoms with Gasteiger partial charge in [-0.3, -0.25) is 0 Å². The third-order valence-corrected chi connectivity index (χ3v) is 3.08. The third-order valence-electron chi connectivity index (χ3n) is 2.59. The predicted molar refractivity (Wildman–Crippen MR) is 70.3 cm³/mol. The molecule has 15 heavy (non-hydrogen) atoms. The van der Waals surface area contributed by atoms with E-state index in [4.69, 9.17) is 5.73 Å². The van der Waals surface area contributed by atoms with Gasteiger partial charge < -0.3 is 10.6 Å². The summed E-state index contributed by atoms with van der Waals surface area (Å²) in [5.41, 5.74) is 8.42. The smallest absolute Gasteiger partial charge is 0.0425 e. The molecule has 1 rings (SSSR count). The highest BCUT2D eigenvalue weighted by molar-refractivity contribution is 9.10. The van der Waals surface area contributed by atoms with Crippen LogP contribution in [0.3, 0.4) is 0 Å². The summed E-state index contributed by atoms with van der Waals surface area (Å²) in [6, 6.07) is 6.37. The van der Waals surface area contributed by atoms with Crippen LogP contribution in [0, 0.1) is 0 Å². The Morgan fingerprint density at radius 3 is 2.40 bits per heavy atom. The van der Waals surface area contributed by atoms with Gasteiger partial charge in [-0.05, 0) is 38.5 Å². The molecular weight excluding hydrogens is 252 g/mol. The molecule has 0 amide bonds. The molecule has 0 heterocycles. The van der Waals surface area contributed by atoms with Crippen LogP contribution in [0.25, 0.3) is 0 Å². The summed E-state index contributed by atoms with van der Waals surface area (Å²) in [4.78, 5) is 2.32. The number of rotatable bonds is 4. The fraction of sp³-hybridized carbons (Fsp3) is 0.500. The fourth-order valence-corrected chi connectivity index (χ4v) is 2.09. The van der Waals surface area contributed by atoms with E-state index < -0.39 is 0 Å². The quantitative estimate of drug-likeness (QED) is 0.910. The number of hydrogen-bond acceptors (Lipinski definition) is 2. The van der Waals surface area contributed by atoms with E-state index in [1.54, 1.807) is 0 Å². The van der Waals surface area contributed by atoms with E-state index in [2.05, 4.69) is 46.8 Å². The Hall–Kier alpha value is -0.540. The maximum absolute atomic E-state index is 5.97. The third kappa shape index (κ3) is 2.95. The predicted octanol–water partition coefficient (Wildman–Crippen LogP) is 3.32. The Kier molecular flexibility index (Phi) is 4.61. The fourth-order valence-electron chi connectivity index (χ4n) is 1.74. The average molecular weight is 271 g/mol. The molecule has 1 unspecified atom stereocenters. The average Bonchev–Trinajstić information content (AvgIpc) is 2.19. The van der Waals surface area contributed by atoms with Crippen molar-refractivity contribution in [2.24, 2.45) is 5.73 Å². The van der Waals surface area contributed by atoms with E-state index in [1.165, 1.54) is 11.3 Å². The molecule has 0 saturated heterocycles. The van der Waals surface area contributed by atoms with Crippen LogP contribution in [-0.4, -0.2) is 13.1 Å². The molecule has 0 aliphatic carbocycles. The first-order chi connectivity index (χ1) is 7.10. The number of anilines is 1. The van der Waals surface area contributed by atoms with Crippen LogP contribution in [0.1, 0.15) is 32.4 Å². The van der Waals surface area contributed by atoms with Crippen molar-refractivity contribution in [2.75, 3.05) is 18.0 Å². The van der Waals surface area contributed by atoms with Crippen molar-refractivity contribution in [3.05, 3.63) is 28.2 Å². The second-order valence-corrected chi connectivity index (χ2v) is 4.58. The highest BCUT2D eigenvalue weighted by atomic mass is 79.9. The summed E-state index contributed by atoms with van der Waals surface area (Å²) >= 11 is 3.50. The zero-order valence-corrected chi connectivity index (χ0v) is 11.2. The summed E-state index contributed by atoms with van der Waals surface area (Å²) in [7, 11) is 0. The van der Waals surface area contributed by atoms with Crippen molar-refractivity contribution in [3.63, 3.8) is 0 Å². The Balaban J connectivity index is 3.16. The first kappa shape index (κ1) is 12.5. The van der Waals surface area contributed by atoms with Crippen LogP contribution >= 0.6 is 15.9 Å². The van der Waals surface area contributed by atoms with Gasteiger partial charge in [-0.1, -0.05) is 22.0 Å². The van der Waals surface area contributed by atoms with E-state index in [1.807, 2.05) is 13.0 Å². The second kappa shape index (κ2) is 5.52. The first-order valence-corrected chi connectivity index (χ1v) is 6.19. The monoisotopic (exact) mass is 270 g/mol. The van der Waals surface area contributed by atoms with E-state index in [9.17, 15) is 0 Å². The maximum Gasteiger partial charge on any atom is 0.0425 e. The molecule has 0 spiro atoms. The SMILES string of the molecule is CCN(CC)c1cc(Br)ccc1C(C)N. The molecule has 1 aromatic rings. The van der Waals surface area contributed by atoms with Gasteiger partial charge in [0.25, 0.3) is 0 Å². The lowest BCUT2D eigenvalue weighted by molar-refractivity contribution is 0.789. The second-order valence-electron chi connectivity index (χ2n) is 3.66. The number of nitrogens with zero attached hydrogens (tertiary/aromatic N) is 1. The summed E-state index contributed by atoms with van der Waals surface area (Å²) in [6.07, 6.45) is 0. The number of nitrogens with two attached hydrogens (primary N) is 1. The highest BCUT2D eigenvalue weighted by Crippen LogP contribution is 2.28. The molecule has 0 radical (unpaired) electrons.